The quantitative estimate of drug-likeness (QED) is 0.386. The van der Waals surface area contributed by atoms with Gasteiger partial charge in [-0.1, -0.05) is 43.2 Å². The topological polar surface area (TPSA) is 73.8 Å². The Morgan fingerprint density at radius 3 is 2.36 bits per heavy atom. The van der Waals surface area contributed by atoms with Crippen LogP contribution in [-0.2, 0) is 11.3 Å². The predicted octanol–water partition coefficient (Wildman–Crippen LogP) is 6.63. The number of halogens is 7. The number of aliphatic imine (C=N–C) groups is 1. The molecule has 0 saturated heterocycles. The van der Waals surface area contributed by atoms with Gasteiger partial charge < -0.3 is 10.2 Å². The van der Waals surface area contributed by atoms with Crippen molar-refractivity contribution in [3.05, 3.63) is 69.0 Å². The summed E-state index contributed by atoms with van der Waals surface area (Å²) in [6.07, 6.45) is -7.08. The molecule has 1 aromatic rings. The van der Waals surface area contributed by atoms with E-state index in [1.54, 1.807) is 20.9 Å². The van der Waals surface area contributed by atoms with Crippen LogP contribution in [-0.4, -0.2) is 42.1 Å². The number of urea groups is 1. The maximum absolute atomic E-state index is 13.5. The molecule has 6 nitrogen and oxygen atoms in total. The van der Waals surface area contributed by atoms with E-state index in [1.807, 2.05) is 0 Å². The first-order valence-corrected chi connectivity index (χ1v) is 12.2. The van der Waals surface area contributed by atoms with Gasteiger partial charge in [0, 0.05) is 19.2 Å². The number of amides is 3. The smallest absolute Gasteiger partial charge is 0.351 e. The number of nitrogens with one attached hydrogen (secondary N) is 2. The number of rotatable bonds is 5. The Kier molecular flexibility index (Phi) is 8.31. The first-order chi connectivity index (χ1) is 17.8. The van der Waals surface area contributed by atoms with Crippen LogP contribution in [0.5, 0.6) is 0 Å². The SMILES string of the molecule is CC(C)C1=C(C(F)(F)F)C=CC(=C2NC(=O)N=C(c3cc(CNC(=O)C(C)(C)C(F)(F)F)ccc3Cl)N2C)C1. The lowest BCUT2D eigenvalue weighted by atomic mass is 9.86. The van der Waals surface area contributed by atoms with Gasteiger partial charge in [-0.3, -0.25) is 10.1 Å². The van der Waals surface area contributed by atoms with Crippen LogP contribution in [0.3, 0.4) is 0 Å². The van der Waals surface area contributed by atoms with Crippen molar-refractivity contribution in [1.29, 1.82) is 0 Å². The van der Waals surface area contributed by atoms with Gasteiger partial charge in [-0.25, -0.2) is 4.79 Å². The standard InChI is InChI=1S/C26H27ClF6N4O2/c1-13(2)16-11-15(7-8-18(16)25(28,29)30)20-35-23(39)36-21(37(20)5)17-10-14(6-9-19(17)27)12-34-22(38)24(3,4)26(31,32)33/h6-10,13H,11-12H2,1-5H3,(H,34,38)(H,35,39). The van der Waals surface area contributed by atoms with E-state index in [1.165, 1.54) is 29.2 Å². The predicted molar refractivity (Wildman–Crippen MR) is 135 cm³/mol. The van der Waals surface area contributed by atoms with Crippen LogP contribution in [0.4, 0.5) is 31.1 Å². The van der Waals surface area contributed by atoms with Crippen molar-refractivity contribution in [3.8, 4) is 0 Å². The van der Waals surface area contributed by atoms with Crippen LogP contribution in [0.25, 0.3) is 0 Å². The molecule has 13 heteroatoms. The van der Waals surface area contributed by atoms with Crippen molar-refractivity contribution in [2.75, 3.05) is 7.05 Å². The maximum Gasteiger partial charge on any atom is 0.416 e. The lowest BCUT2D eigenvalue weighted by Gasteiger charge is -2.32. The third kappa shape index (κ3) is 6.32. The zero-order valence-corrected chi connectivity index (χ0v) is 22.5. The molecule has 1 aliphatic carbocycles. The highest BCUT2D eigenvalue weighted by Gasteiger charge is 2.52. The van der Waals surface area contributed by atoms with E-state index < -0.39 is 41.2 Å². The minimum atomic E-state index is -4.75. The lowest BCUT2D eigenvalue weighted by Crippen LogP contribution is -2.46. The minimum Gasteiger partial charge on any atom is -0.351 e. The fourth-order valence-electron chi connectivity index (χ4n) is 4.02. The summed E-state index contributed by atoms with van der Waals surface area (Å²) >= 11 is 6.37. The van der Waals surface area contributed by atoms with Gasteiger partial charge in [-0.15, -0.1) is 0 Å². The van der Waals surface area contributed by atoms with Gasteiger partial charge in [0.15, 0.2) is 0 Å². The third-order valence-electron chi connectivity index (χ3n) is 6.57. The van der Waals surface area contributed by atoms with Crippen molar-refractivity contribution in [2.24, 2.45) is 16.3 Å². The van der Waals surface area contributed by atoms with Crippen molar-refractivity contribution in [2.45, 2.75) is 53.0 Å². The van der Waals surface area contributed by atoms with Crippen LogP contribution in [0, 0.1) is 11.3 Å². The molecule has 0 atom stereocenters. The van der Waals surface area contributed by atoms with E-state index in [4.69, 9.17) is 11.6 Å². The molecule has 3 rings (SSSR count). The van der Waals surface area contributed by atoms with Crippen molar-refractivity contribution >= 4 is 29.4 Å². The average Bonchev–Trinajstić information content (AvgIpc) is 2.82. The number of carbonyl (C=O) groups is 2. The van der Waals surface area contributed by atoms with Crippen LogP contribution in [0.15, 0.2) is 57.9 Å². The summed E-state index contributed by atoms with van der Waals surface area (Å²) in [6, 6.07) is 3.63. The molecule has 3 amide bonds. The summed E-state index contributed by atoms with van der Waals surface area (Å²) in [5, 5.41) is 4.99. The average molecular weight is 577 g/mol. The summed E-state index contributed by atoms with van der Waals surface area (Å²) in [5.74, 6) is -1.35. The first kappa shape index (κ1) is 30.3. The second-order valence-corrected chi connectivity index (χ2v) is 10.4. The van der Waals surface area contributed by atoms with Crippen LogP contribution < -0.4 is 10.6 Å². The zero-order valence-electron chi connectivity index (χ0n) is 21.7. The Balaban J connectivity index is 1.93. The molecule has 0 bridgehead atoms. The molecule has 0 aromatic heterocycles. The molecule has 1 aromatic carbocycles. The van der Waals surface area contributed by atoms with Crippen LogP contribution >= 0.6 is 11.6 Å². The summed E-state index contributed by atoms with van der Waals surface area (Å²) < 4.78 is 80.2. The molecule has 39 heavy (non-hydrogen) atoms. The van der Waals surface area contributed by atoms with Gasteiger partial charge in [0.1, 0.15) is 17.1 Å². The van der Waals surface area contributed by atoms with Crippen LogP contribution in [0.1, 0.15) is 45.2 Å². The van der Waals surface area contributed by atoms with E-state index >= 15 is 0 Å². The number of allylic oxidation sites excluding steroid dienone is 5. The highest BCUT2D eigenvalue weighted by Crippen LogP contribution is 2.40. The molecular formula is C26H27ClF6N4O2. The van der Waals surface area contributed by atoms with Gasteiger partial charge in [0.2, 0.25) is 5.91 Å². The molecule has 1 heterocycles. The van der Waals surface area contributed by atoms with Crippen molar-refractivity contribution in [3.63, 3.8) is 0 Å². The molecular weight excluding hydrogens is 550 g/mol. The van der Waals surface area contributed by atoms with Crippen molar-refractivity contribution in [1.82, 2.24) is 15.5 Å². The summed E-state index contributed by atoms with van der Waals surface area (Å²) in [4.78, 5) is 30.1. The monoisotopic (exact) mass is 576 g/mol. The molecule has 1 aliphatic heterocycles. The Morgan fingerprint density at radius 2 is 1.79 bits per heavy atom. The Labute approximate surface area is 226 Å². The second kappa shape index (κ2) is 10.7. The number of carbonyl (C=O) groups excluding carboxylic acids is 2. The normalized spacial score (nSPS) is 18.9. The Hall–Kier alpha value is -3.28. The number of benzene rings is 1. The number of hydrogen-bond donors (Lipinski definition) is 2. The van der Waals surface area contributed by atoms with Gasteiger partial charge in [-0.2, -0.15) is 31.3 Å². The third-order valence-corrected chi connectivity index (χ3v) is 6.90. The highest BCUT2D eigenvalue weighted by molar-refractivity contribution is 6.34. The zero-order chi connectivity index (χ0) is 29.5. The van der Waals surface area contributed by atoms with Crippen molar-refractivity contribution < 1.29 is 35.9 Å². The maximum atomic E-state index is 13.5. The molecule has 2 aliphatic rings. The van der Waals surface area contributed by atoms with E-state index in [9.17, 15) is 35.9 Å². The first-order valence-electron chi connectivity index (χ1n) is 11.8. The summed E-state index contributed by atoms with van der Waals surface area (Å²) in [5.41, 5.74) is -2.14. The minimum absolute atomic E-state index is 0.0644. The summed E-state index contributed by atoms with van der Waals surface area (Å²) in [7, 11) is 1.54. The van der Waals surface area contributed by atoms with Gasteiger partial charge in [0.25, 0.3) is 0 Å². The number of alkyl halides is 6. The molecule has 0 radical (unpaired) electrons. The Bertz CT molecular complexity index is 1310. The lowest BCUT2D eigenvalue weighted by molar-refractivity contribution is -0.211. The molecule has 2 N–H and O–H groups in total. The van der Waals surface area contributed by atoms with E-state index in [2.05, 4.69) is 15.6 Å². The molecule has 0 unspecified atom stereocenters. The fourth-order valence-corrected chi connectivity index (χ4v) is 4.22. The van der Waals surface area contributed by atoms with E-state index in [0.717, 1.165) is 19.9 Å². The fraction of sp³-hybridized carbons (Fsp3) is 0.423. The summed E-state index contributed by atoms with van der Waals surface area (Å²) in [6.45, 7) is 4.58. The van der Waals surface area contributed by atoms with E-state index in [-0.39, 0.29) is 40.8 Å². The number of amidine groups is 1. The van der Waals surface area contributed by atoms with Crippen LogP contribution in [0.2, 0.25) is 5.02 Å². The molecule has 0 fully saturated rings. The Morgan fingerprint density at radius 1 is 1.15 bits per heavy atom. The largest absolute Gasteiger partial charge is 0.416 e. The van der Waals surface area contributed by atoms with E-state index in [0.29, 0.717) is 11.1 Å². The second-order valence-electron chi connectivity index (χ2n) is 10.0. The number of nitrogens with zero attached hydrogens (tertiary/aromatic N) is 2. The van der Waals surface area contributed by atoms with Gasteiger partial charge in [0.05, 0.1) is 10.6 Å². The molecule has 0 saturated carbocycles. The number of hydrogen-bond acceptors (Lipinski definition) is 3. The highest BCUT2D eigenvalue weighted by atomic mass is 35.5. The van der Waals surface area contributed by atoms with Gasteiger partial charge >= 0.3 is 18.4 Å². The molecule has 212 valence electrons. The molecule has 0 spiro atoms. The van der Waals surface area contributed by atoms with Gasteiger partial charge in [-0.05, 0) is 55.5 Å².